The van der Waals surface area contributed by atoms with Gasteiger partial charge in [-0.3, -0.25) is 4.98 Å². The highest BCUT2D eigenvalue weighted by atomic mass is 15.1. The third kappa shape index (κ3) is 5.61. The van der Waals surface area contributed by atoms with Crippen LogP contribution < -0.4 is 5.32 Å². The molecular formula is C15H27N3. The predicted molar refractivity (Wildman–Crippen MR) is 77.7 cm³/mol. The molecule has 1 aromatic heterocycles. The molecule has 0 saturated carbocycles. The lowest BCUT2D eigenvalue weighted by atomic mass is 9.95. The summed E-state index contributed by atoms with van der Waals surface area (Å²) in [7, 11) is 4.23. The zero-order chi connectivity index (χ0) is 13.4. The standard InChI is InChI=1S/C15H27N3/c1-13(2)14(11-16-3)12-18(4)10-8-15-7-5-6-9-17-15/h5-7,9,13-14,16H,8,10-12H2,1-4H3. The van der Waals surface area contributed by atoms with Crippen molar-refractivity contribution in [2.45, 2.75) is 20.3 Å². The average molecular weight is 249 g/mol. The summed E-state index contributed by atoms with van der Waals surface area (Å²) in [6.45, 7) is 7.91. The van der Waals surface area contributed by atoms with Gasteiger partial charge in [-0.2, -0.15) is 0 Å². The summed E-state index contributed by atoms with van der Waals surface area (Å²) in [5.41, 5.74) is 1.18. The number of hydrogen-bond donors (Lipinski definition) is 1. The van der Waals surface area contributed by atoms with E-state index in [1.54, 1.807) is 0 Å². The molecule has 0 spiro atoms. The minimum absolute atomic E-state index is 0.712. The summed E-state index contributed by atoms with van der Waals surface area (Å²) in [5, 5.41) is 3.29. The van der Waals surface area contributed by atoms with Crippen LogP contribution in [0.1, 0.15) is 19.5 Å². The van der Waals surface area contributed by atoms with Crippen molar-refractivity contribution in [2.75, 3.05) is 33.7 Å². The first-order chi connectivity index (χ1) is 8.63. The number of likely N-dealkylation sites (N-methyl/N-ethyl adjacent to an activating group) is 1. The highest BCUT2D eigenvalue weighted by Gasteiger charge is 2.14. The SMILES string of the molecule is CNCC(CN(C)CCc1ccccn1)C(C)C. The predicted octanol–water partition coefficient (Wildman–Crippen LogP) is 2.05. The van der Waals surface area contributed by atoms with Gasteiger partial charge in [0.15, 0.2) is 0 Å². The molecule has 0 radical (unpaired) electrons. The van der Waals surface area contributed by atoms with Gasteiger partial charge in [-0.25, -0.2) is 0 Å². The van der Waals surface area contributed by atoms with Crippen molar-refractivity contribution in [1.82, 2.24) is 15.2 Å². The van der Waals surface area contributed by atoms with Gasteiger partial charge in [0.25, 0.3) is 0 Å². The summed E-state index contributed by atoms with van der Waals surface area (Å²) in [5.74, 6) is 1.43. The third-order valence-electron chi connectivity index (χ3n) is 3.43. The summed E-state index contributed by atoms with van der Waals surface area (Å²) in [6, 6.07) is 6.12. The summed E-state index contributed by atoms with van der Waals surface area (Å²) in [4.78, 5) is 6.78. The van der Waals surface area contributed by atoms with Gasteiger partial charge < -0.3 is 10.2 Å². The van der Waals surface area contributed by atoms with Crippen LogP contribution in [0, 0.1) is 11.8 Å². The Morgan fingerprint density at radius 1 is 1.33 bits per heavy atom. The minimum Gasteiger partial charge on any atom is -0.319 e. The van der Waals surface area contributed by atoms with Gasteiger partial charge in [0, 0.05) is 31.4 Å². The third-order valence-corrected chi connectivity index (χ3v) is 3.43. The van der Waals surface area contributed by atoms with Crippen LogP contribution in [-0.4, -0.2) is 43.6 Å². The Kier molecular flexibility index (Phi) is 6.91. The molecule has 0 bridgehead atoms. The van der Waals surface area contributed by atoms with Crippen LogP contribution in [0.25, 0.3) is 0 Å². The zero-order valence-corrected chi connectivity index (χ0v) is 12.2. The van der Waals surface area contributed by atoms with Gasteiger partial charge in [0.1, 0.15) is 0 Å². The maximum Gasteiger partial charge on any atom is 0.0416 e. The molecule has 3 nitrogen and oxygen atoms in total. The topological polar surface area (TPSA) is 28.2 Å². The molecule has 1 atom stereocenters. The van der Waals surface area contributed by atoms with Crippen molar-refractivity contribution in [3.05, 3.63) is 30.1 Å². The molecule has 102 valence electrons. The van der Waals surface area contributed by atoms with E-state index in [9.17, 15) is 0 Å². The Labute approximate surface area is 112 Å². The Hall–Kier alpha value is -0.930. The lowest BCUT2D eigenvalue weighted by Gasteiger charge is -2.26. The fourth-order valence-electron chi connectivity index (χ4n) is 2.12. The van der Waals surface area contributed by atoms with E-state index >= 15 is 0 Å². The van der Waals surface area contributed by atoms with Crippen molar-refractivity contribution >= 4 is 0 Å². The lowest BCUT2D eigenvalue weighted by Crippen LogP contribution is -2.35. The van der Waals surface area contributed by atoms with Crippen molar-refractivity contribution in [3.8, 4) is 0 Å². The highest BCUT2D eigenvalue weighted by Crippen LogP contribution is 2.11. The molecular weight excluding hydrogens is 222 g/mol. The molecule has 0 amide bonds. The second-order valence-electron chi connectivity index (χ2n) is 5.40. The molecule has 0 fully saturated rings. The van der Waals surface area contributed by atoms with Crippen LogP contribution in [0.15, 0.2) is 24.4 Å². The summed E-state index contributed by atoms with van der Waals surface area (Å²) < 4.78 is 0. The van der Waals surface area contributed by atoms with E-state index in [0.717, 1.165) is 32.0 Å². The maximum atomic E-state index is 4.36. The first kappa shape index (κ1) is 15.1. The van der Waals surface area contributed by atoms with E-state index in [2.05, 4.69) is 48.2 Å². The molecule has 1 aromatic rings. The minimum atomic E-state index is 0.712. The Bertz CT molecular complexity index is 311. The smallest absolute Gasteiger partial charge is 0.0416 e. The van der Waals surface area contributed by atoms with Crippen molar-refractivity contribution < 1.29 is 0 Å². The van der Waals surface area contributed by atoms with E-state index in [4.69, 9.17) is 0 Å². The Morgan fingerprint density at radius 2 is 2.11 bits per heavy atom. The molecule has 1 unspecified atom stereocenters. The number of nitrogens with one attached hydrogen (secondary N) is 1. The van der Waals surface area contributed by atoms with Gasteiger partial charge in [-0.1, -0.05) is 19.9 Å². The number of aromatic nitrogens is 1. The molecule has 0 aliphatic carbocycles. The highest BCUT2D eigenvalue weighted by molar-refractivity contribution is 5.03. The van der Waals surface area contributed by atoms with E-state index in [-0.39, 0.29) is 0 Å². The Morgan fingerprint density at radius 3 is 2.67 bits per heavy atom. The average Bonchev–Trinajstić information content (AvgIpc) is 2.37. The van der Waals surface area contributed by atoms with Crippen molar-refractivity contribution in [3.63, 3.8) is 0 Å². The zero-order valence-electron chi connectivity index (χ0n) is 12.2. The summed E-state index contributed by atoms with van der Waals surface area (Å²) >= 11 is 0. The van der Waals surface area contributed by atoms with E-state index in [1.165, 1.54) is 5.69 Å². The van der Waals surface area contributed by atoms with Crippen LogP contribution in [0.2, 0.25) is 0 Å². The first-order valence-corrected chi connectivity index (χ1v) is 6.86. The molecule has 18 heavy (non-hydrogen) atoms. The van der Waals surface area contributed by atoms with Crippen LogP contribution in [0.3, 0.4) is 0 Å². The quantitative estimate of drug-likeness (QED) is 0.764. The fraction of sp³-hybridized carbons (Fsp3) is 0.667. The molecule has 1 N–H and O–H groups in total. The van der Waals surface area contributed by atoms with Crippen molar-refractivity contribution in [1.29, 1.82) is 0 Å². The van der Waals surface area contributed by atoms with Crippen LogP contribution in [-0.2, 0) is 6.42 Å². The molecule has 1 rings (SSSR count). The van der Waals surface area contributed by atoms with E-state index < -0.39 is 0 Å². The Balaban J connectivity index is 2.34. The van der Waals surface area contributed by atoms with Gasteiger partial charge in [0.2, 0.25) is 0 Å². The number of hydrogen-bond acceptors (Lipinski definition) is 3. The van der Waals surface area contributed by atoms with Crippen LogP contribution in [0.5, 0.6) is 0 Å². The number of rotatable bonds is 8. The summed E-state index contributed by atoms with van der Waals surface area (Å²) in [6.07, 6.45) is 2.90. The lowest BCUT2D eigenvalue weighted by molar-refractivity contribution is 0.234. The van der Waals surface area contributed by atoms with E-state index in [0.29, 0.717) is 5.92 Å². The molecule has 0 aromatic carbocycles. The monoisotopic (exact) mass is 249 g/mol. The van der Waals surface area contributed by atoms with E-state index in [1.807, 2.05) is 19.3 Å². The van der Waals surface area contributed by atoms with Crippen LogP contribution in [0.4, 0.5) is 0 Å². The molecule has 0 saturated heterocycles. The van der Waals surface area contributed by atoms with Crippen molar-refractivity contribution in [2.24, 2.45) is 11.8 Å². The second kappa shape index (κ2) is 8.22. The van der Waals surface area contributed by atoms with Gasteiger partial charge in [-0.15, -0.1) is 0 Å². The molecule has 3 heteroatoms. The number of pyridine rings is 1. The fourth-order valence-corrected chi connectivity index (χ4v) is 2.12. The van der Waals surface area contributed by atoms with Crippen LogP contribution >= 0.6 is 0 Å². The second-order valence-corrected chi connectivity index (χ2v) is 5.40. The number of nitrogens with zero attached hydrogens (tertiary/aromatic N) is 2. The van der Waals surface area contributed by atoms with Gasteiger partial charge >= 0.3 is 0 Å². The van der Waals surface area contributed by atoms with Gasteiger partial charge in [0.05, 0.1) is 0 Å². The van der Waals surface area contributed by atoms with Gasteiger partial charge in [-0.05, 0) is 44.6 Å². The normalized spacial score (nSPS) is 13.2. The maximum absolute atomic E-state index is 4.36. The molecule has 0 aliphatic heterocycles. The largest absolute Gasteiger partial charge is 0.319 e. The molecule has 0 aliphatic rings. The molecule has 1 heterocycles. The first-order valence-electron chi connectivity index (χ1n) is 6.86.